The number of ether oxygens (including phenoxy) is 2. The first-order chi connectivity index (χ1) is 17.4. The van der Waals surface area contributed by atoms with Gasteiger partial charge in [0.2, 0.25) is 5.91 Å². The van der Waals surface area contributed by atoms with E-state index in [2.05, 4.69) is 16.1 Å². The molecule has 0 radical (unpaired) electrons. The monoisotopic (exact) mass is 492 g/mol. The Bertz CT molecular complexity index is 1100. The molecular weight excluding hydrogens is 456 g/mol. The zero-order valence-corrected chi connectivity index (χ0v) is 21.2. The van der Waals surface area contributed by atoms with Gasteiger partial charge in [0.05, 0.1) is 13.2 Å². The third-order valence-corrected chi connectivity index (χ3v) is 6.33. The van der Waals surface area contributed by atoms with E-state index >= 15 is 0 Å². The number of benzene rings is 2. The molecule has 8 heteroatoms. The topological polar surface area (TPSA) is 80.1 Å². The molecule has 0 aliphatic carbocycles. The lowest BCUT2D eigenvalue weighted by atomic mass is 10.0. The standard InChI is InChI=1S/C28H36N4O4/c1-23-8-10-26(11-9-23)36-22-28(34)20-30(15-16-31(21-28)24(2)33)19-25-6-3-7-27(18-25)35-17-5-14-32-13-4-12-29-32/h3-4,6-13,18,34H,5,14-17,19-22H2,1-2H3/t28-/m1/s1. The van der Waals surface area contributed by atoms with Crippen LogP contribution >= 0.6 is 0 Å². The quantitative estimate of drug-likeness (QED) is 0.438. The number of nitrogens with zero attached hydrogens (tertiary/aromatic N) is 4. The Hall–Kier alpha value is -3.36. The molecular formula is C28H36N4O4. The molecule has 0 spiro atoms. The zero-order chi connectivity index (χ0) is 25.4. The third-order valence-electron chi connectivity index (χ3n) is 6.33. The molecule has 3 aromatic rings. The van der Waals surface area contributed by atoms with Crippen LogP contribution in [-0.4, -0.2) is 75.6 Å². The number of carbonyl (C=O) groups excluding carboxylic acids is 1. The predicted molar refractivity (Wildman–Crippen MR) is 138 cm³/mol. The summed E-state index contributed by atoms with van der Waals surface area (Å²) in [5.41, 5.74) is 1.06. The molecule has 0 unspecified atom stereocenters. The number of hydrogen-bond donors (Lipinski definition) is 1. The molecule has 1 aliphatic heterocycles. The van der Waals surface area contributed by atoms with Crippen LogP contribution < -0.4 is 9.47 Å². The van der Waals surface area contributed by atoms with Crippen molar-refractivity contribution < 1.29 is 19.4 Å². The van der Waals surface area contributed by atoms with Gasteiger partial charge in [-0.15, -0.1) is 0 Å². The average Bonchev–Trinajstić information content (AvgIpc) is 3.32. The summed E-state index contributed by atoms with van der Waals surface area (Å²) in [6.07, 6.45) is 4.59. The van der Waals surface area contributed by atoms with Crippen molar-refractivity contribution in [1.29, 1.82) is 0 Å². The molecule has 2 heterocycles. The van der Waals surface area contributed by atoms with Gasteiger partial charge >= 0.3 is 0 Å². The van der Waals surface area contributed by atoms with Crippen molar-refractivity contribution >= 4 is 5.91 Å². The largest absolute Gasteiger partial charge is 0.494 e. The molecule has 0 bridgehead atoms. The van der Waals surface area contributed by atoms with Crippen LogP contribution in [0.4, 0.5) is 0 Å². The molecule has 8 nitrogen and oxygen atoms in total. The molecule has 1 amide bonds. The highest BCUT2D eigenvalue weighted by Gasteiger charge is 2.36. The number of aliphatic hydroxyl groups is 1. The molecule has 1 N–H and O–H groups in total. The summed E-state index contributed by atoms with van der Waals surface area (Å²) in [7, 11) is 0. The van der Waals surface area contributed by atoms with E-state index in [1.807, 2.05) is 66.3 Å². The fraction of sp³-hybridized carbons (Fsp3) is 0.429. The number of carbonyl (C=O) groups is 1. The van der Waals surface area contributed by atoms with Crippen molar-refractivity contribution in [3.05, 3.63) is 78.1 Å². The van der Waals surface area contributed by atoms with Crippen molar-refractivity contribution in [3.63, 3.8) is 0 Å². The van der Waals surface area contributed by atoms with Gasteiger partial charge in [0.15, 0.2) is 0 Å². The third kappa shape index (κ3) is 7.57. The van der Waals surface area contributed by atoms with Gasteiger partial charge in [0.25, 0.3) is 0 Å². The summed E-state index contributed by atoms with van der Waals surface area (Å²) in [5.74, 6) is 1.49. The van der Waals surface area contributed by atoms with E-state index in [0.29, 0.717) is 38.5 Å². The molecule has 0 saturated carbocycles. The first-order valence-corrected chi connectivity index (χ1v) is 12.5. The second kappa shape index (κ2) is 12.1. The highest BCUT2D eigenvalue weighted by Crippen LogP contribution is 2.21. The van der Waals surface area contributed by atoms with E-state index in [1.54, 1.807) is 18.0 Å². The minimum Gasteiger partial charge on any atom is -0.494 e. The van der Waals surface area contributed by atoms with Crippen molar-refractivity contribution in [1.82, 2.24) is 19.6 Å². The molecule has 1 atom stereocenters. The molecule has 4 rings (SSSR count). The van der Waals surface area contributed by atoms with Crippen molar-refractivity contribution in [2.45, 2.75) is 39.0 Å². The minimum absolute atomic E-state index is 0.0453. The Morgan fingerprint density at radius 2 is 1.89 bits per heavy atom. The number of aryl methyl sites for hydroxylation is 2. The molecule has 2 aromatic carbocycles. The zero-order valence-electron chi connectivity index (χ0n) is 21.2. The summed E-state index contributed by atoms with van der Waals surface area (Å²) in [5, 5.41) is 15.7. The van der Waals surface area contributed by atoms with Gasteiger partial charge in [-0.05, 0) is 42.8 Å². The second-order valence-electron chi connectivity index (χ2n) is 9.60. The molecule has 36 heavy (non-hydrogen) atoms. The van der Waals surface area contributed by atoms with Gasteiger partial charge < -0.3 is 19.5 Å². The van der Waals surface area contributed by atoms with Gasteiger partial charge in [-0.3, -0.25) is 14.4 Å². The SMILES string of the molecule is CC(=O)N1CCN(Cc2cccc(OCCCn3cccn3)c2)C[C@](O)(COc2ccc(C)cc2)C1. The van der Waals surface area contributed by atoms with Crippen LogP contribution in [0, 0.1) is 6.92 Å². The highest BCUT2D eigenvalue weighted by atomic mass is 16.5. The average molecular weight is 493 g/mol. The summed E-state index contributed by atoms with van der Waals surface area (Å²) in [6, 6.07) is 17.7. The number of β-amino-alcohol motifs (C(OH)–C–C–N with tert-alkyl or cyclic N) is 1. The Balaban J connectivity index is 1.36. The lowest BCUT2D eigenvalue weighted by Gasteiger charge is -2.32. The van der Waals surface area contributed by atoms with E-state index in [-0.39, 0.29) is 19.1 Å². The Morgan fingerprint density at radius 1 is 1.06 bits per heavy atom. The highest BCUT2D eigenvalue weighted by molar-refractivity contribution is 5.73. The molecule has 1 aliphatic rings. The van der Waals surface area contributed by atoms with Gasteiger partial charge in [-0.1, -0.05) is 29.8 Å². The number of amides is 1. The summed E-state index contributed by atoms with van der Waals surface area (Å²) in [6.45, 7) is 7.61. The number of rotatable bonds is 10. The van der Waals surface area contributed by atoms with Crippen LogP contribution in [0.5, 0.6) is 11.5 Å². The summed E-state index contributed by atoms with van der Waals surface area (Å²) < 4.78 is 13.8. The van der Waals surface area contributed by atoms with Crippen molar-refractivity contribution in [2.24, 2.45) is 0 Å². The van der Waals surface area contributed by atoms with Crippen molar-refractivity contribution in [3.8, 4) is 11.5 Å². The van der Waals surface area contributed by atoms with Crippen molar-refractivity contribution in [2.75, 3.05) is 39.4 Å². The fourth-order valence-corrected chi connectivity index (χ4v) is 4.43. The van der Waals surface area contributed by atoms with Crippen LogP contribution in [0.25, 0.3) is 0 Å². The Labute approximate surface area is 213 Å². The van der Waals surface area contributed by atoms with E-state index in [0.717, 1.165) is 29.8 Å². The minimum atomic E-state index is -1.19. The van der Waals surface area contributed by atoms with Crippen LogP contribution in [-0.2, 0) is 17.9 Å². The molecule has 1 fully saturated rings. The number of aromatic nitrogens is 2. The fourth-order valence-electron chi connectivity index (χ4n) is 4.43. The Morgan fingerprint density at radius 3 is 2.64 bits per heavy atom. The normalized spacial score (nSPS) is 18.6. The van der Waals surface area contributed by atoms with E-state index in [9.17, 15) is 9.90 Å². The number of hydrogen-bond acceptors (Lipinski definition) is 6. The first kappa shape index (κ1) is 25.7. The maximum Gasteiger partial charge on any atom is 0.219 e. The smallest absolute Gasteiger partial charge is 0.219 e. The van der Waals surface area contributed by atoms with Gasteiger partial charge in [0, 0.05) is 58.5 Å². The summed E-state index contributed by atoms with van der Waals surface area (Å²) in [4.78, 5) is 16.1. The molecule has 1 aromatic heterocycles. The predicted octanol–water partition coefficient (Wildman–Crippen LogP) is 3.13. The first-order valence-electron chi connectivity index (χ1n) is 12.5. The maximum absolute atomic E-state index is 12.2. The Kier molecular flexibility index (Phi) is 8.61. The lowest BCUT2D eigenvalue weighted by molar-refractivity contribution is -0.132. The van der Waals surface area contributed by atoms with Gasteiger partial charge in [-0.2, -0.15) is 5.10 Å². The summed E-state index contributed by atoms with van der Waals surface area (Å²) >= 11 is 0. The maximum atomic E-state index is 12.2. The van der Waals surface area contributed by atoms with E-state index in [4.69, 9.17) is 9.47 Å². The van der Waals surface area contributed by atoms with Gasteiger partial charge in [0.1, 0.15) is 23.7 Å². The van der Waals surface area contributed by atoms with Crippen LogP contribution in [0.2, 0.25) is 0 Å². The van der Waals surface area contributed by atoms with Gasteiger partial charge in [-0.25, -0.2) is 0 Å². The molecule has 1 saturated heterocycles. The van der Waals surface area contributed by atoms with E-state index < -0.39 is 5.60 Å². The lowest BCUT2D eigenvalue weighted by Crippen LogP contribution is -2.51. The van der Waals surface area contributed by atoms with Crippen LogP contribution in [0.3, 0.4) is 0 Å². The molecule has 192 valence electrons. The van der Waals surface area contributed by atoms with E-state index in [1.165, 1.54) is 0 Å². The second-order valence-corrected chi connectivity index (χ2v) is 9.60. The van der Waals surface area contributed by atoms with Crippen LogP contribution in [0.1, 0.15) is 24.5 Å². The van der Waals surface area contributed by atoms with Crippen LogP contribution in [0.15, 0.2) is 67.0 Å².